The van der Waals surface area contributed by atoms with E-state index in [4.69, 9.17) is 0 Å². The average Bonchev–Trinajstić information content (AvgIpc) is 3.01. The van der Waals surface area contributed by atoms with Gasteiger partial charge in [0.15, 0.2) is 0 Å². The van der Waals surface area contributed by atoms with Crippen LogP contribution in [0.1, 0.15) is 43.3 Å². The van der Waals surface area contributed by atoms with E-state index in [1.165, 1.54) is 4.88 Å². The van der Waals surface area contributed by atoms with Crippen LogP contribution in [0.2, 0.25) is 0 Å². The Bertz CT molecular complexity index is 502. The molecule has 2 heterocycles. The minimum atomic E-state index is 0.530. The number of nitrogens with zero attached hydrogens (tertiary/aromatic N) is 2. The van der Waals surface area contributed by atoms with Crippen molar-refractivity contribution >= 4 is 27.3 Å². The molecule has 0 atom stereocenters. The molecule has 2 aromatic heterocycles. The molecule has 0 aromatic carbocycles. The summed E-state index contributed by atoms with van der Waals surface area (Å²) in [4.78, 5) is 1.34. The van der Waals surface area contributed by atoms with Gasteiger partial charge in [0, 0.05) is 34.0 Å². The molecule has 3 nitrogen and oxygen atoms in total. The molecule has 0 aliphatic heterocycles. The third-order valence-corrected chi connectivity index (χ3v) is 4.90. The Hall–Kier alpha value is -0.650. The molecule has 5 heteroatoms. The smallest absolute Gasteiger partial charge is 0.0762 e. The van der Waals surface area contributed by atoms with Crippen molar-refractivity contribution in [1.82, 2.24) is 15.1 Å². The van der Waals surface area contributed by atoms with Crippen molar-refractivity contribution in [3.8, 4) is 0 Å². The summed E-state index contributed by atoms with van der Waals surface area (Å²) in [5.41, 5.74) is 1.11. The van der Waals surface area contributed by atoms with Crippen LogP contribution in [-0.2, 0) is 13.1 Å². The van der Waals surface area contributed by atoms with Crippen LogP contribution in [0.5, 0.6) is 0 Å². The van der Waals surface area contributed by atoms with Gasteiger partial charge in [0.25, 0.3) is 0 Å². The number of hydrogen-bond donors (Lipinski definition) is 1. The highest BCUT2D eigenvalue weighted by Gasteiger charge is 2.07. The molecule has 0 saturated carbocycles. The summed E-state index contributed by atoms with van der Waals surface area (Å²) in [6.07, 6.45) is 4.36. The quantitative estimate of drug-likeness (QED) is 0.810. The van der Waals surface area contributed by atoms with E-state index in [1.807, 2.05) is 0 Å². The van der Waals surface area contributed by atoms with E-state index in [-0.39, 0.29) is 0 Å². The molecular formula is C14H20BrN3S. The van der Waals surface area contributed by atoms with Gasteiger partial charge in [0.05, 0.1) is 11.7 Å². The lowest BCUT2D eigenvalue weighted by Gasteiger charge is -2.12. The number of rotatable bonds is 7. The van der Waals surface area contributed by atoms with E-state index in [1.54, 1.807) is 11.3 Å². The third-order valence-electron chi connectivity index (χ3n) is 3.21. The zero-order valence-electron chi connectivity index (χ0n) is 11.4. The molecule has 0 bridgehead atoms. The fourth-order valence-corrected chi connectivity index (χ4v) is 3.52. The predicted octanol–water partition coefficient (Wildman–Crippen LogP) is 4.36. The molecule has 1 N–H and O–H groups in total. The maximum Gasteiger partial charge on any atom is 0.0762 e. The highest BCUT2D eigenvalue weighted by Crippen LogP contribution is 2.19. The summed E-state index contributed by atoms with van der Waals surface area (Å²) >= 11 is 5.24. The van der Waals surface area contributed by atoms with Crippen molar-refractivity contribution in [2.75, 3.05) is 0 Å². The Morgan fingerprint density at radius 3 is 2.79 bits per heavy atom. The summed E-state index contributed by atoms with van der Waals surface area (Å²) in [5.74, 6) is 0. The summed E-state index contributed by atoms with van der Waals surface area (Å²) < 4.78 is 3.26. The molecule has 0 aliphatic carbocycles. The molecule has 19 heavy (non-hydrogen) atoms. The van der Waals surface area contributed by atoms with Gasteiger partial charge < -0.3 is 5.32 Å². The van der Waals surface area contributed by atoms with Gasteiger partial charge in [-0.25, -0.2) is 0 Å². The molecular weight excluding hydrogens is 322 g/mol. The van der Waals surface area contributed by atoms with Crippen LogP contribution in [0.25, 0.3) is 0 Å². The maximum atomic E-state index is 4.64. The minimum absolute atomic E-state index is 0.530. The zero-order chi connectivity index (χ0) is 13.7. The molecule has 104 valence electrons. The van der Waals surface area contributed by atoms with Gasteiger partial charge >= 0.3 is 0 Å². The third kappa shape index (κ3) is 4.16. The second-order valence-electron chi connectivity index (χ2n) is 4.59. The van der Waals surface area contributed by atoms with E-state index in [9.17, 15) is 0 Å². The van der Waals surface area contributed by atoms with Crippen molar-refractivity contribution < 1.29 is 0 Å². The standard InChI is InChI=1S/C14H20BrN3S/c1-3-13(4-2)18-6-5-12(17-18)8-16-9-14-7-11(15)10-19-14/h5-7,10,13,16H,3-4,8-9H2,1-2H3. The molecule has 0 spiro atoms. The van der Waals surface area contributed by atoms with Crippen molar-refractivity contribution in [2.45, 2.75) is 45.8 Å². The number of thiophene rings is 1. The van der Waals surface area contributed by atoms with Crippen LogP contribution >= 0.6 is 27.3 Å². The van der Waals surface area contributed by atoms with E-state index in [0.717, 1.165) is 36.1 Å². The molecule has 0 unspecified atom stereocenters. The minimum Gasteiger partial charge on any atom is -0.306 e. The van der Waals surface area contributed by atoms with Gasteiger partial charge in [0.1, 0.15) is 0 Å². The first kappa shape index (κ1) is 14.8. The Balaban J connectivity index is 1.83. The molecule has 0 radical (unpaired) electrons. The second kappa shape index (κ2) is 7.22. The Morgan fingerprint density at radius 1 is 1.37 bits per heavy atom. The summed E-state index contributed by atoms with van der Waals surface area (Å²) in [7, 11) is 0. The van der Waals surface area contributed by atoms with Crippen LogP contribution in [-0.4, -0.2) is 9.78 Å². The fourth-order valence-electron chi connectivity index (χ4n) is 2.10. The Labute approximate surface area is 127 Å². The average molecular weight is 342 g/mol. The summed E-state index contributed by atoms with van der Waals surface area (Å²) in [5, 5.41) is 10.2. The lowest BCUT2D eigenvalue weighted by Crippen LogP contribution is -2.13. The summed E-state index contributed by atoms with van der Waals surface area (Å²) in [6, 6.07) is 4.79. The molecule has 2 aromatic rings. The first-order valence-electron chi connectivity index (χ1n) is 6.70. The second-order valence-corrected chi connectivity index (χ2v) is 6.50. The van der Waals surface area contributed by atoms with Crippen LogP contribution in [0.4, 0.5) is 0 Å². The number of halogens is 1. The van der Waals surface area contributed by atoms with Crippen molar-refractivity contribution in [1.29, 1.82) is 0 Å². The van der Waals surface area contributed by atoms with Crippen LogP contribution in [0.3, 0.4) is 0 Å². The van der Waals surface area contributed by atoms with Gasteiger partial charge in [-0.1, -0.05) is 13.8 Å². The van der Waals surface area contributed by atoms with E-state index in [2.05, 4.69) is 68.6 Å². The topological polar surface area (TPSA) is 29.9 Å². The first-order chi connectivity index (χ1) is 9.22. The highest BCUT2D eigenvalue weighted by molar-refractivity contribution is 9.10. The molecule has 2 rings (SSSR count). The molecule has 0 aliphatic rings. The number of nitrogens with one attached hydrogen (secondary N) is 1. The largest absolute Gasteiger partial charge is 0.306 e. The van der Waals surface area contributed by atoms with E-state index < -0.39 is 0 Å². The van der Waals surface area contributed by atoms with Crippen LogP contribution < -0.4 is 5.32 Å². The normalized spacial score (nSPS) is 11.4. The highest BCUT2D eigenvalue weighted by atomic mass is 79.9. The summed E-state index contributed by atoms with van der Waals surface area (Å²) in [6.45, 7) is 6.14. The van der Waals surface area contributed by atoms with Gasteiger partial charge in [-0.05, 0) is 40.9 Å². The van der Waals surface area contributed by atoms with Crippen LogP contribution in [0.15, 0.2) is 28.2 Å². The first-order valence-corrected chi connectivity index (χ1v) is 8.37. The Morgan fingerprint density at radius 2 is 2.16 bits per heavy atom. The molecule has 0 fully saturated rings. The van der Waals surface area contributed by atoms with Gasteiger partial charge in [-0.15, -0.1) is 11.3 Å². The Kier molecular flexibility index (Phi) is 5.60. The van der Waals surface area contributed by atoms with E-state index in [0.29, 0.717) is 6.04 Å². The zero-order valence-corrected chi connectivity index (χ0v) is 13.8. The number of hydrogen-bond acceptors (Lipinski definition) is 3. The van der Waals surface area contributed by atoms with Crippen LogP contribution in [0, 0.1) is 0 Å². The van der Waals surface area contributed by atoms with Crippen molar-refractivity contribution in [3.05, 3.63) is 38.8 Å². The SMILES string of the molecule is CCC(CC)n1ccc(CNCc2cc(Br)cs2)n1. The number of aromatic nitrogens is 2. The monoisotopic (exact) mass is 341 g/mol. The lowest BCUT2D eigenvalue weighted by atomic mass is 10.2. The lowest BCUT2D eigenvalue weighted by molar-refractivity contribution is 0.424. The van der Waals surface area contributed by atoms with Crippen molar-refractivity contribution in [3.63, 3.8) is 0 Å². The van der Waals surface area contributed by atoms with E-state index >= 15 is 0 Å². The van der Waals surface area contributed by atoms with Crippen molar-refractivity contribution in [2.24, 2.45) is 0 Å². The predicted molar refractivity (Wildman–Crippen MR) is 84.4 cm³/mol. The van der Waals surface area contributed by atoms with Gasteiger partial charge in [0.2, 0.25) is 0 Å². The molecule has 0 amide bonds. The fraction of sp³-hybridized carbons (Fsp3) is 0.500. The maximum absolute atomic E-state index is 4.64. The molecule has 0 saturated heterocycles. The van der Waals surface area contributed by atoms with Gasteiger partial charge in [-0.3, -0.25) is 4.68 Å². The van der Waals surface area contributed by atoms with Gasteiger partial charge in [-0.2, -0.15) is 5.10 Å².